The van der Waals surface area contributed by atoms with Crippen molar-refractivity contribution in [1.82, 2.24) is 15.3 Å². The zero-order valence-electron chi connectivity index (χ0n) is 23.6. The molecular formula is C33H31FN4O5. The topological polar surface area (TPSA) is 137 Å². The van der Waals surface area contributed by atoms with E-state index in [2.05, 4.69) is 10.3 Å². The predicted octanol–water partition coefficient (Wildman–Crippen LogP) is 4.14. The van der Waals surface area contributed by atoms with E-state index in [1.807, 2.05) is 6.07 Å². The number of nitrogens with two attached hydrogens (primary N) is 1. The van der Waals surface area contributed by atoms with Crippen molar-refractivity contribution in [2.45, 2.75) is 49.7 Å². The second-order valence-electron chi connectivity index (χ2n) is 12.0. The van der Waals surface area contributed by atoms with Crippen molar-refractivity contribution >= 4 is 22.7 Å². The lowest BCUT2D eigenvalue weighted by Crippen LogP contribution is -2.44. The minimum Gasteiger partial charge on any atom is -0.489 e. The first-order chi connectivity index (χ1) is 20.7. The number of halogens is 1. The van der Waals surface area contributed by atoms with Gasteiger partial charge in [0.1, 0.15) is 46.1 Å². The van der Waals surface area contributed by atoms with Crippen LogP contribution in [-0.2, 0) is 15.8 Å². The van der Waals surface area contributed by atoms with Gasteiger partial charge >= 0.3 is 0 Å². The highest BCUT2D eigenvalue weighted by molar-refractivity contribution is 6.00. The first-order valence-corrected chi connectivity index (χ1v) is 14.5. The number of hydrogen-bond acceptors (Lipinski definition) is 7. The molecule has 3 heterocycles. The van der Waals surface area contributed by atoms with E-state index in [-0.39, 0.29) is 36.8 Å². The minimum atomic E-state index is -1.55. The summed E-state index contributed by atoms with van der Waals surface area (Å²) in [7, 11) is 0. The molecule has 220 valence electrons. The lowest BCUT2D eigenvalue weighted by molar-refractivity contribution is -0.123. The van der Waals surface area contributed by atoms with Crippen LogP contribution in [0.2, 0.25) is 0 Å². The largest absolute Gasteiger partial charge is 0.489 e. The standard InChI is InChI=1S/C33H31FN4O5/c1-32(31(35)40)17-42-29-24(32)15-26(38-28(29)18-4-8-22(34)9-5-18)33(41,21-6-7-21)16-37-30(39)20-13-19-3-2-12-36-27(19)25(14-20)43-23-10-11-23/h2-5,8-9,12-15,21,23,41H,6-7,10-11,16-17H2,1H3,(H2,35,40)(H,37,39)/t32-,33+/m0/s1. The first kappa shape index (κ1) is 27.3. The van der Waals surface area contributed by atoms with Gasteiger partial charge in [-0.15, -0.1) is 0 Å². The number of nitrogens with zero attached hydrogens (tertiary/aromatic N) is 2. The molecule has 0 bridgehead atoms. The Balaban J connectivity index is 1.25. The number of carbonyl (C=O) groups is 2. The maximum atomic E-state index is 13.8. The van der Waals surface area contributed by atoms with E-state index >= 15 is 0 Å². The Bertz CT molecular complexity index is 1770. The fourth-order valence-corrected chi connectivity index (χ4v) is 5.68. The Hall–Kier alpha value is -4.57. The molecule has 2 aromatic carbocycles. The van der Waals surface area contributed by atoms with Gasteiger partial charge in [-0.05, 0) is 87.1 Å². The highest BCUT2D eigenvalue weighted by atomic mass is 19.1. The second-order valence-corrected chi connectivity index (χ2v) is 12.0. The Morgan fingerprint density at radius 1 is 1.16 bits per heavy atom. The second kappa shape index (κ2) is 10.0. The SMILES string of the molecule is C[C@]1(C(N)=O)COc2c1cc([C@@](O)(CNC(=O)c1cc(OC3CC3)c3ncccc3c1)C1CC1)nc2-c1ccc(F)cc1. The van der Waals surface area contributed by atoms with E-state index in [1.54, 1.807) is 49.5 Å². The maximum Gasteiger partial charge on any atom is 0.251 e. The van der Waals surface area contributed by atoms with Crippen molar-refractivity contribution in [3.8, 4) is 22.8 Å². The summed E-state index contributed by atoms with van der Waals surface area (Å²) in [6, 6.07) is 14.5. The normalized spacial score (nSPS) is 20.6. The summed E-state index contributed by atoms with van der Waals surface area (Å²) >= 11 is 0. The van der Waals surface area contributed by atoms with Crippen LogP contribution in [0.4, 0.5) is 4.39 Å². The van der Waals surface area contributed by atoms with Gasteiger partial charge in [-0.2, -0.15) is 0 Å². The van der Waals surface area contributed by atoms with Gasteiger partial charge in [0.05, 0.1) is 18.3 Å². The molecule has 0 spiro atoms. The molecule has 0 saturated heterocycles. The summed E-state index contributed by atoms with van der Waals surface area (Å²) in [5.41, 5.74) is 5.89. The lowest BCUT2D eigenvalue weighted by Gasteiger charge is -2.30. The molecule has 10 heteroatoms. The van der Waals surface area contributed by atoms with E-state index in [0.717, 1.165) is 31.1 Å². The summed E-state index contributed by atoms with van der Waals surface area (Å²) < 4.78 is 25.8. The van der Waals surface area contributed by atoms with Gasteiger partial charge in [-0.3, -0.25) is 14.6 Å². The van der Waals surface area contributed by atoms with E-state index < -0.39 is 22.7 Å². The van der Waals surface area contributed by atoms with E-state index in [4.69, 9.17) is 20.2 Å². The molecule has 2 atom stereocenters. The summed E-state index contributed by atoms with van der Waals surface area (Å²) in [5, 5.41) is 15.9. The number of aromatic nitrogens is 2. The molecule has 2 fully saturated rings. The van der Waals surface area contributed by atoms with Gasteiger partial charge in [0.15, 0.2) is 0 Å². The number of amides is 2. The molecule has 3 aliphatic rings. The Morgan fingerprint density at radius 2 is 1.93 bits per heavy atom. The quantitative estimate of drug-likeness (QED) is 0.270. The monoisotopic (exact) mass is 582 g/mol. The number of nitrogens with one attached hydrogen (secondary N) is 1. The predicted molar refractivity (Wildman–Crippen MR) is 156 cm³/mol. The Labute approximate surface area is 247 Å². The third-order valence-corrected chi connectivity index (χ3v) is 8.70. The molecule has 0 unspecified atom stereocenters. The first-order valence-electron chi connectivity index (χ1n) is 14.5. The van der Waals surface area contributed by atoms with Crippen LogP contribution in [0.15, 0.2) is 60.8 Å². The molecule has 43 heavy (non-hydrogen) atoms. The lowest BCUT2D eigenvalue weighted by atomic mass is 9.81. The van der Waals surface area contributed by atoms with Crippen LogP contribution in [0.25, 0.3) is 22.2 Å². The molecule has 4 N–H and O–H groups in total. The summed E-state index contributed by atoms with van der Waals surface area (Å²) in [6.45, 7) is 1.58. The molecule has 4 aromatic rings. The fraction of sp³-hybridized carbons (Fsp3) is 0.333. The molecule has 9 nitrogen and oxygen atoms in total. The average Bonchev–Trinajstić information content (AvgIpc) is 3.95. The maximum absolute atomic E-state index is 13.8. The number of primary amides is 1. The number of ether oxygens (including phenoxy) is 2. The number of aliphatic hydroxyl groups is 1. The van der Waals surface area contributed by atoms with Gasteiger partial charge in [0.25, 0.3) is 5.91 Å². The van der Waals surface area contributed by atoms with Gasteiger partial charge in [-0.1, -0.05) is 6.07 Å². The third kappa shape index (κ3) is 4.85. The number of pyridine rings is 2. The Kier molecular flexibility index (Phi) is 6.35. The zero-order valence-corrected chi connectivity index (χ0v) is 23.6. The van der Waals surface area contributed by atoms with Crippen LogP contribution in [0.5, 0.6) is 11.5 Å². The van der Waals surface area contributed by atoms with Crippen molar-refractivity contribution in [2.75, 3.05) is 13.2 Å². The van der Waals surface area contributed by atoms with E-state index in [9.17, 15) is 19.1 Å². The van der Waals surface area contributed by atoms with E-state index in [0.29, 0.717) is 39.4 Å². The van der Waals surface area contributed by atoms with Gasteiger partial charge in [-0.25, -0.2) is 9.37 Å². The molecule has 2 amide bonds. The van der Waals surface area contributed by atoms with Gasteiger partial charge < -0.3 is 25.6 Å². The van der Waals surface area contributed by atoms with Gasteiger partial charge in [0, 0.05) is 28.3 Å². The van der Waals surface area contributed by atoms with Crippen LogP contribution in [-0.4, -0.2) is 46.1 Å². The van der Waals surface area contributed by atoms with Crippen molar-refractivity contribution < 1.29 is 28.6 Å². The smallest absolute Gasteiger partial charge is 0.251 e. The molecule has 1 aliphatic heterocycles. The number of fused-ring (bicyclic) bond motifs is 2. The van der Waals surface area contributed by atoms with Crippen molar-refractivity contribution in [3.63, 3.8) is 0 Å². The summed E-state index contributed by atoms with van der Waals surface area (Å²) in [4.78, 5) is 35.4. The van der Waals surface area contributed by atoms with Crippen LogP contribution in [0.1, 0.15) is 54.2 Å². The van der Waals surface area contributed by atoms with Crippen LogP contribution >= 0.6 is 0 Å². The molecule has 0 radical (unpaired) electrons. The fourth-order valence-electron chi connectivity index (χ4n) is 5.68. The van der Waals surface area contributed by atoms with Crippen molar-refractivity contribution in [1.29, 1.82) is 0 Å². The number of carbonyl (C=O) groups excluding carboxylic acids is 2. The van der Waals surface area contributed by atoms with Crippen molar-refractivity contribution in [3.05, 3.63) is 83.4 Å². The summed E-state index contributed by atoms with van der Waals surface area (Å²) in [5.74, 6) is -0.615. The van der Waals surface area contributed by atoms with Gasteiger partial charge in [0.2, 0.25) is 5.91 Å². The number of hydrogen-bond donors (Lipinski definition) is 3. The van der Waals surface area contributed by atoms with E-state index in [1.165, 1.54) is 12.1 Å². The van der Waals surface area contributed by atoms with Crippen molar-refractivity contribution in [2.24, 2.45) is 11.7 Å². The number of benzene rings is 2. The van der Waals surface area contributed by atoms with Crippen LogP contribution in [0, 0.1) is 11.7 Å². The number of rotatable bonds is 9. The van der Waals surface area contributed by atoms with Crippen LogP contribution in [0.3, 0.4) is 0 Å². The highest BCUT2D eigenvalue weighted by Crippen LogP contribution is 2.50. The highest BCUT2D eigenvalue weighted by Gasteiger charge is 2.50. The molecule has 2 saturated carbocycles. The Morgan fingerprint density at radius 3 is 2.63 bits per heavy atom. The summed E-state index contributed by atoms with van der Waals surface area (Å²) in [6.07, 6.45) is 5.22. The molecule has 2 aliphatic carbocycles. The minimum absolute atomic E-state index is 0.0116. The molecule has 7 rings (SSSR count). The zero-order chi connectivity index (χ0) is 29.9. The molecular weight excluding hydrogens is 551 g/mol. The van der Waals surface area contributed by atoms with Crippen LogP contribution < -0.4 is 20.5 Å². The molecule has 2 aromatic heterocycles. The average molecular weight is 583 g/mol. The third-order valence-electron chi connectivity index (χ3n) is 8.70.